The van der Waals surface area contributed by atoms with Gasteiger partial charge in [0, 0.05) is 0 Å². The van der Waals surface area contributed by atoms with E-state index in [0.717, 1.165) is 32.1 Å². The lowest BCUT2D eigenvalue weighted by molar-refractivity contribution is -0.176. The molecule has 0 aromatic carbocycles. The molecule has 0 aliphatic carbocycles. The number of carboxylic acid groups (broad SMARTS) is 1. The maximum absolute atomic E-state index is 12.8. The fraction of sp³-hybridized carbons (Fsp3) is 0.848. The second kappa shape index (κ2) is 23.5. The predicted octanol–water partition coefficient (Wildman–Crippen LogP) is 4.32. The number of rotatable bonds is 26. The highest BCUT2D eigenvalue weighted by Gasteiger charge is 2.35. The van der Waals surface area contributed by atoms with Crippen molar-refractivity contribution < 1.29 is 49.8 Å². The van der Waals surface area contributed by atoms with Gasteiger partial charge >= 0.3 is 11.9 Å². The third-order valence-corrected chi connectivity index (χ3v) is 8.09. The number of ketones is 1. The Morgan fingerprint density at radius 2 is 1.28 bits per heavy atom. The summed E-state index contributed by atoms with van der Waals surface area (Å²) in [6, 6.07) is 0. The highest BCUT2D eigenvalue weighted by atomic mass is 16.6. The summed E-state index contributed by atoms with van der Waals surface area (Å²) in [5.74, 6) is -4.21. The van der Waals surface area contributed by atoms with Crippen LogP contribution in [0.15, 0.2) is 11.6 Å². The van der Waals surface area contributed by atoms with E-state index in [0.29, 0.717) is 24.3 Å². The Morgan fingerprint density at radius 1 is 0.767 bits per heavy atom. The zero-order chi connectivity index (χ0) is 32.9. The first-order valence-electron chi connectivity index (χ1n) is 16.3. The van der Waals surface area contributed by atoms with E-state index >= 15 is 0 Å². The van der Waals surface area contributed by atoms with Crippen LogP contribution in [0.1, 0.15) is 125 Å². The molecule has 0 radical (unpaired) electrons. The van der Waals surface area contributed by atoms with Crippen molar-refractivity contribution in [1.29, 1.82) is 0 Å². The third kappa shape index (κ3) is 17.9. The molecule has 8 unspecified atom stereocenters. The zero-order valence-electron chi connectivity index (χ0n) is 27.1. The minimum absolute atomic E-state index is 0.0297. The van der Waals surface area contributed by atoms with E-state index < -0.39 is 60.8 Å². The van der Waals surface area contributed by atoms with Crippen molar-refractivity contribution in [3.05, 3.63) is 11.6 Å². The number of ether oxygens (including phenoxy) is 1. The van der Waals surface area contributed by atoms with E-state index in [-0.39, 0.29) is 5.92 Å². The molecule has 0 saturated heterocycles. The maximum Gasteiger partial charge on any atom is 0.335 e. The van der Waals surface area contributed by atoms with Crippen LogP contribution in [0.4, 0.5) is 0 Å². The summed E-state index contributed by atoms with van der Waals surface area (Å²) in [6.07, 6.45) is 8.85. The second-order valence-electron chi connectivity index (χ2n) is 12.4. The first-order chi connectivity index (χ1) is 20.3. The lowest BCUT2D eigenvalue weighted by Gasteiger charge is -2.24. The summed E-state index contributed by atoms with van der Waals surface area (Å²) in [6.45, 7) is 8.25. The molecule has 0 heterocycles. The number of Topliss-reactive ketones (excluding diaryl/α,β-unsaturated/α-hetero) is 1. The molecule has 10 nitrogen and oxygen atoms in total. The van der Waals surface area contributed by atoms with E-state index in [4.69, 9.17) is 9.84 Å². The number of carbonyl (C=O) groups excluding carboxylic acids is 2. The Bertz CT molecular complexity index is 814. The highest BCUT2D eigenvalue weighted by Crippen LogP contribution is 2.23. The summed E-state index contributed by atoms with van der Waals surface area (Å²) >= 11 is 0. The number of aliphatic carboxylic acids is 1. The standard InChI is InChI=1S/C33H60O10/c1-6-7-8-9-10-11-12-13-14-17-26(35)27(36)18-15-16-22(2)19-23(3)20-24(4)29(37)25(5)33(42)43-28(21-34)30(38)31(39)32(40)41/h20,22-23,25-28,30-31,34-36,38-39H,6-19,21H2,1-5H3,(H,40,41). The molecule has 6 N–H and O–H groups in total. The molecule has 0 amide bonds. The van der Waals surface area contributed by atoms with E-state index in [1.807, 2.05) is 6.92 Å². The molecule has 252 valence electrons. The van der Waals surface area contributed by atoms with Gasteiger partial charge in [-0.05, 0) is 50.5 Å². The molecule has 0 saturated carbocycles. The first kappa shape index (κ1) is 41.1. The maximum atomic E-state index is 12.8. The number of esters is 1. The van der Waals surface area contributed by atoms with Crippen LogP contribution in [0.3, 0.4) is 0 Å². The first-order valence-corrected chi connectivity index (χ1v) is 16.3. The summed E-state index contributed by atoms with van der Waals surface area (Å²) in [5.41, 5.74) is 0.353. The molecule has 10 heteroatoms. The van der Waals surface area contributed by atoms with Crippen LogP contribution >= 0.6 is 0 Å². The summed E-state index contributed by atoms with van der Waals surface area (Å²) in [7, 11) is 0. The van der Waals surface area contributed by atoms with Crippen molar-refractivity contribution in [1.82, 2.24) is 0 Å². The molecule has 0 rings (SSSR count). The number of allylic oxidation sites excluding steroid dienone is 2. The molecule has 43 heavy (non-hydrogen) atoms. The molecule has 0 fully saturated rings. The Balaban J connectivity index is 4.46. The number of hydrogen-bond donors (Lipinski definition) is 6. The molecule has 0 bridgehead atoms. The number of hydrogen-bond acceptors (Lipinski definition) is 9. The number of carbonyl (C=O) groups is 3. The normalized spacial score (nSPS) is 17.8. The van der Waals surface area contributed by atoms with Gasteiger partial charge in [-0.2, -0.15) is 0 Å². The van der Waals surface area contributed by atoms with Gasteiger partial charge in [0.15, 0.2) is 18.0 Å². The van der Waals surface area contributed by atoms with Crippen LogP contribution in [0, 0.1) is 17.8 Å². The summed E-state index contributed by atoms with van der Waals surface area (Å²) in [4.78, 5) is 36.1. The molecule has 8 atom stereocenters. The Hall–Kier alpha value is -1.85. The van der Waals surface area contributed by atoms with Crippen LogP contribution < -0.4 is 0 Å². The quantitative estimate of drug-likeness (QED) is 0.0354. The Kier molecular flexibility index (Phi) is 22.5. The zero-order valence-corrected chi connectivity index (χ0v) is 27.1. The lowest BCUT2D eigenvalue weighted by atomic mass is 9.89. The fourth-order valence-electron chi connectivity index (χ4n) is 5.32. The molecule has 0 aliphatic rings. The Morgan fingerprint density at radius 3 is 1.79 bits per heavy atom. The SMILES string of the molecule is CCCCCCCCCCCC(O)C(O)CCCC(C)CC(C)C=C(C)C(=O)C(C)C(=O)OC(CO)C(O)C(O)C(=O)O. The van der Waals surface area contributed by atoms with Crippen molar-refractivity contribution in [3.8, 4) is 0 Å². The summed E-state index contributed by atoms with van der Waals surface area (Å²) in [5, 5.41) is 58.1. The number of unbranched alkanes of at least 4 members (excludes halogenated alkanes) is 8. The minimum Gasteiger partial charge on any atom is -0.479 e. The second-order valence-corrected chi connectivity index (χ2v) is 12.4. The number of aliphatic hydroxyl groups is 5. The van der Waals surface area contributed by atoms with Gasteiger partial charge in [0.25, 0.3) is 0 Å². The minimum atomic E-state index is -2.27. The lowest BCUT2D eigenvalue weighted by Crippen LogP contribution is -2.46. The molecular weight excluding hydrogens is 556 g/mol. The van der Waals surface area contributed by atoms with Crippen molar-refractivity contribution in [3.63, 3.8) is 0 Å². The predicted molar refractivity (Wildman–Crippen MR) is 165 cm³/mol. The van der Waals surface area contributed by atoms with Crippen LogP contribution in [0.5, 0.6) is 0 Å². The summed E-state index contributed by atoms with van der Waals surface area (Å²) < 4.78 is 4.92. The van der Waals surface area contributed by atoms with Gasteiger partial charge in [0.05, 0.1) is 18.8 Å². The van der Waals surface area contributed by atoms with E-state index in [1.165, 1.54) is 51.9 Å². The molecule has 0 spiro atoms. The third-order valence-electron chi connectivity index (χ3n) is 8.09. The van der Waals surface area contributed by atoms with Gasteiger partial charge in [0.2, 0.25) is 0 Å². The Labute approximate surface area is 258 Å². The largest absolute Gasteiger partial charge is 0.479 e. The molecule has 0 aromatic heterocycles. The van der Waals surface area contributed by atoms with Gasteiger partial charge in [0.1, 0.15) is 12.0 Å². The van der Waals surface area contributed by atoms with E-state index in [9.17, 15) is 39.9 Å². The average Bonchev–Trinajstić information content (AvgIpc) is 2.96. The molecular formula is C33H60O10. The van der Waals surface area contributed by atoms with Gasteiger partial charge < -0.3 is 35.4 Å². The van der Waals surface area contributed by atoms with Crippen molar-refractivity contribution >= 4 is 17.7 Å². The average molecular weight is 617 g/mol. The monoisotopic (exact) mass is 616 g/mol. The van der Waals surface area contributed by atoms with Gasteiger partial charge in [-0.15, -0.1) is 0 Å². The highest BCUT2D eigenvalue weighted by molar-refractivity contribution is 6.07. The van der Waals surface area contributed by atoms with Gasteiger partial charge in [-0.1, -0.05) is 97.5 Å². The van der Waals surface area contributed by atoms with Crippen LogP contribution in [0.2, 0.25) is 0 Å². The van der Waals surface area contributed by atoms with Gasteiger partial charge in [-0.25, -0.2) is 4.79 Å². The number of aliphatic hydroxyl groups excluding tert-OH is 5. The molecule has 0 aromatic rings. The smallest absolute Gasteiger partial charge is 0.335 e. The van der Waals surface area contributed by atoms with Crippen molar-refractivity contribution in [2.45, 2.75) is 155 Å². The van der Waals surface area contributed by atoms with Crippen LogP contribution in [-0.2, 0) is 19.1 Å². The number of carboxylic acids is 1. The molecule has 0 aliphatic heterocycles. The fourth-order valence-corrected chi connectivity index (χ4v) is 5.32. The van der Waals surface area contributed by atoms with E-state index in [1.54, 1.807) is 13.0 Å². The van der Waals surface area contributed by atoms with Crippen molar-refractivity contribution in [2.75, 3.05) is 6.61 Å². The van der Waals surface area contributed by atoms with E-state index in [2.05, 4.69) is 13.8 Å². The van der Waals surface area contributed by atoms with Crippen LogP contribution in [0.25, 0.3) is 0 Å². The van der Waals surface area contributed by atoms with Gasteiger partial charge in [-0.3, -0.25) is 9.59 Å². The van der Waals surface area contributed by atoms with Crippen molar-refractivity contribution in [2.24, 2.45) is 17.8 Å². The topological polar surface area (TPSA) is 182 Å². The van der Waals surface area contributed by atoms with Crippen LogP contribution in [-0.4, -0.2) is 85.5 Å².